The van der Waals surface area contributed by atoms with Crippen molar-refractivity contribution < 1.29 is 28.8 Å². The Morgan fingerprint density at radius 2 is 1.64 bits per heavy atom. The van der Waals surface area contributed by atoms with Gasteiger partial charge in [0.2, 0.25) is 17.6 Å². The lowest BCUT2D eigenvalue weighted by Gasteiger charge is -2.19. The number of ether oxygens (including phenoxy) is 1. The average molecular weight is 590 g/mol. The molecule has 2 saturated carbocycles. The number of nitro benzene ring substituents is 1. The lowest BCUT2D eigenvalue weighted by atomic mass is 9.81. The van der Waals surface area contributed by atoms with Gasteiger partial charge < -0.3 is 4.74 Å². The minimum atomic E-state index is -0.745. The topological polar surface area (TPSA) is 137 Å². The number of anilines is 1. The third-order valence-corrected chi connectivity index (χ3v) is 9.35. The third kappa shape index (κ3) is 4.45. The molecule has 0 spiro atoms. The molecule has 0 radical (unpaired) electrons. The van der Waals surface area contributed by atoms with Crippen LogP contribution in [0.3, 0.4) is 0 Å². The summed E-state index contributed by atoms with van der Waals surface area (Å²) >= 11 is 0. The van der Waals surface area contributed by atoms with Gasteiger partial charge in [-0.3, -0.25) is 29.4 Å². The Balaban J connectivity index is 1.13. The second kappa shape index (κ2) is 10.5. The van der Waals surface area contributed by atoms with Gasteiger partial charge in [0.15, 0.2) is 6.61 Å². The molecule has 220 valence electrons. The van der Waals surface area contributed by atoms with Crippen molar-refractivity contribution in [3.8, 4) is 11.3 Å². The molecule has 2 heterocycles. The Morgan fingerprint density at radius 3 is 2.32 bits per heavy atom. The average Bonchev–Trinajstić information content (AvgIpc) is 3.72. The van der Waals surface area contributed by atoms with E-state index in [1.54, 1.807) is 61.5 Å². The lowest BCUT2D eigenvalue weighted by Crippen LogP contribution is -2.32. The van der Waals surface area contributed by atoms with Crippen molar-refractivity contribution in [1.82, 2.24) is 4.98 Å². The summed E-state index contributed by atoms with van der Waals surface area (Å²) in [5.74, 6) is -1.33. The summed E-state index contributed by atoms with van der Waals surface area (Å²) in [6.45, 7) is 0.979. The van der Waals surface area contributed by atoms with Crippen molar-refractivity contribution in [2.75, 3.05) is 11.5 Å². The van der Waals surface area contributed by atoms with Crippen molar-refractivity contribution in [2.45, 2.75) is 26.2 Å². The van der Waals surface area contributed by atoms with E-state index in [-0.39, 0.29) is 40.5 Å². The Labute approximate surface area is 251 Å². The molecule has 0 N–H and O–H groups in total. The number of Topliss-reactive ketones (excluding diaryl/α,β-unsaturated/α-hetero) is 1. The van der Waals surface area contributed by atoms with E-state index in [1.165, 1.54) is 23.1 Å². The van der Waals surface area contributed by atoms with Gasteiger partial charge in [0.1, 0.15) is 0 Å². The van der Waals surface area contributed by atoms with Gasteiger partial charge in [-0.1, -0.05) is 42.5 Å². The zero-order valence-electron chi connectivity index (χ0n) is 23.8. The van der Waals surface area contributed by atoms with Crippen LogP contribution in [0.4, 0.5) is 11.4 Å². The van der Waals surface area contributed by atoms with Crippen LogP contribution in [-0.4, -0.2) is 40.1 Å². The third-order valence-electron chi connectivity index (χ3n) is 9.35. The molecular formula is C34H27N3O7. The molecule has 4 unspecified atom stereocenters. The van der Waals surface area contributed by atoms with Gasteiger partial charge >= 0.3 is 5.97 Å². The van der Waals surface area contributed by atoms with Crippen LogP contribution < -0.4 is 4.90 Å². The summed E-state index contributed by atoms with van der Waals surface area (Å²) in [7, 11) is 0. The number of aryl methyl sites for hydroxylation is 1. The van der Waals surface area contributed by atoms with Crippen LogP contribution in [0.5, 0.6) is 0 Å². The number of fused-ring (bicyclic) bond motifs is 6. The highest BCUT2D eigenvalue weighted by atomic mass is 16.6. The van der Waals surface area contributed by atoms with Crippen LogP contribution in [-0.2, 0) is 14.3 Å². The molecule has 7 rings (SSSR count). The number of carbonyl (C=O) groups excluding carboxylic acids is 4. The molecule has 3 aromatic carbocycles. The van der Waals surface area contributed by atoms with E-state index in [2.05, 4.69) is 0 Å². The molecule has 3 aliphatic rings. The highest BCUT2D eigenvalue weighted by Crippen LogP contribution is 2.56. The van der Waals surface area contributed by atoms with Gasteiger partial charge in [-0.2, -0.15) is 0 Å². The Hall–Kier alpha value is -5.25. The van der Waals surface area contributed by atoms with Crippen molar-refractivity contribution in [1.29, 1.82) is 0 Å². The number of pyridine rings is 1. The Bertz CT molecular complexity index is 1870. The van der Waals surface area contributed by atoms with Crippen LogP contribution in [0, 0.1) is 40.7 Å². The van der Waals surface area contributed by atoms with Gasteiger partial charge in [0.25, 0.3) is 5.69 Å². The quantitative estimate of drug-likeness (QED) is 0.0881. The molecule has 4 atom stereocenters. The molecule has 2 bridgehead atoms. The molecule has 2 amide bonds. The lowest BCUT2D eigenvalue weighted by molar-refractivity contribution is -0.385. The molecule has 1 saturated heterocycles. The van der Waals surface area contributed by atoms with Crippen molar-refractivity contribution >= 4 is 45.8 Å². The van der Waals surface area contributed by atoms with Gasteiger partial charge in [0, 0.05) is 28.1 Å². The van der Waals surface area contributed by atoms with E-state index in [1.807, 2.05) is 0 Å². The molecular weight excluding hydrogens is 562 g/mol. The maximum atomic E-state index is 13.3. The van der Waals surface area contributed by atoms with Gasteiger partial charge in [0.05, 0.1) is 39.2 Å². The molecule has 2 aliphatic carbocycles. The largest absolute Gasteiger partial charge is 0.454 e. The predicted octanol–water partition coefficient (Wildman–Crippen LogP) is 5.69. The number of aromatic nitrogens is 1. The normalized spacial score (nSPS) is 22.0. The highest BCUT2D eigenvalue weighted by Gasteiger charge is 2.61. The van der Waals surface area contributed by atoms with Crippen LogP contribution in [0.1, 0.15) is 45.5 Å². The Kier molecular flexibility index (Phi) is 6.57. The number of rotatable bonds is 7. The predicted molar refractivity (Wildman–Crippen MR) is 160 cm³/mol. The molecule has 3 fully saturated rings. The summed E-state index contributed by atoms with van der Waals surface area (Å²) in [4.78, 5) is 69.3. The number of amides is 2. The van der Waals surface area contributed by atoms with Gasteiger partial charge in [-0.25, -0.2) is 9.78 Å². The number of esters is 1. The van der Waals surface area contributed by atoms with Crippen LogP contribution in [0.25, 0.3) is 22.2 Å². The van der Waals surface area contributed by atoms with E-state index in [0.717, 1.165) is 19.3 Å². The summed E-state index contributed by atoms with van der Waals surface area (Å²) in [6, 6.07) is 19.7. The molecule has 10 heteroatoms. The number of para-hydroxylation sites is 1. The second-order valence-corrected chi connectivity index (χ2v) is 11.8. The zero-order chi connectivity index (χ0) is 30.7. The molecule has 44 heavy (non-hydrogen) atoms. The van der Waals surface area contributed by atoms with Crippen LogP contribution in [0.15, 0.2) is 72.8 Å². The number of imide groups is 1. The Morgan fingerprint density at radius 1 is 0.955 bits per heavy atom. The monoisotopic (exact) mass is 589 g/mol. The van der Waals surface area contributed by atoms with Crippen molar-refractivity contribution in [2.24, 2.45) is 23.7 Å². The number of nitrogens with zero attached hydrogens (tertiary/aromatic N) is 3. The molecule has 1 aliphatic heterocycles. The molecule has 4 aromatic rings. The van der Waals surface area contributed by atoms with Crippen LogP contribution >= 0.6 is 0 Å². The summed E-state index contributed by atoms with van der Waals surface area (Å²) < 4.78 is 5.37. The summed E-state index contributed by atoms with van der Waals surface area (Å²) in [5.41, 5.74) is 2.69. The molecule has 1 aromatic heterocycles. The number of hydrogen-bond donors (Lipinski definition) is 0. The minimum absolute atomic E-state index is 0.0710. The first kappa shape index (κ1) is 27.6. The van der Waals surface area contributed by atoms with E-state index in [0.29, 0.717) is 45.2 Å². The highest BCUT2D eigenvalue weighted by molar-refractivity contribution is 6.22. The fraction of sp³-hybridized carbons (Fsp3) is 0.265. The number of ketones is 1. The van der Waals surface area contributed by atoms with Crippen LogP contribution in [0.2, 0.25) is 0 Å². The smallest absolute Gasteiger partial charge is 0.339 e. The first-order valence-corrected chi connectivity index (χ1v) is 14.5. The number of nitro groups is 1. The first-order chi connectivity index (χ1) is 21.2. The summed E-state index contributed by atoms with van der Waals surface area (Å²) in [5, 5.41) is 11.8. The molecule has 10 nitrogen and oxygen atoms in total. The van der Waals surface area contributed by atoms with Gasteiger partial charge in [-0.05, 0) is 62.3 Å². The minimum Gasteiger partial charge on any atom is -0.454 e. The SMILES string of the molecule is Cc1ccc(C(=O)COC(=O)c2cc(-c3ccc(N4C(=O)C5C6CCC(C6)C5C4=O)cc3)nc3ccccc23)cc1[N+](=O)[O-]. The fourth-order valence-corrected chi connectivity index (χ4v) is 7.21. The van der Waals surface area contributed by atoms with Crippen molar-refractivity contribution in [3.63, 3.8) is 0 Å². The van der Waals surface area contributed by atoms with Crippen molar-refractivity contribution in [3.05, 3.63) is 99.6 Å². The first-order valence-electron chi connectivity index (χ1n) is 14.5. The maximum absolute atomic E-state index is 13.3. The van der Waals surface area contributed by atoms with E-state index < -0.39 is 23.3 Å². The number of hydrogen-bond acceptors (Lipinski definition) is 8. The second-order valence-electron chi connectivity index (χ2n) is 11.8. The number of carbonyl (C=O) groups is 4. The maximum Gasteiger partial charge on any atom is 0.339 e. The fourth-order valence-electron chi connectivity index (χ4n) is 7.21. The number of benzene rings is 3. The van der Waals surface area contributed by atoms with E-state index in [4.69, 9.17) is 9.72 Å². The van der Waals surface area contributed by atoms with E-state index >= 15 is 0 Å². The van der Waals surface area contributed by atoms with Gasteiger partial charge in [-0.15, -0.1) is 0 Å². The van der Waals surface area contributed by atoms with E-state index in [9.17, 15) is 29.3 Å². The zero-order valence-corrected chi connectivity index (χ0v) is 23.8. The standard InChI is InChI=1S/C34H27N3O7/c1-18-6-7-20(15-28(18)37(42)43)29(38)17-44-34(41)25-16-27(35-26-5-3-2-4-24(25)26)19-10-12-23(13-11-19)36-32(39)30-21-8-9-22(14-21)31(30)33(36)40/h2-7,10-13,15-16,21-22,30-31H,8-9,14,17H2,1H3. The summed E-state index contributed by atoms with van der Waals surface area (Å²) in [6.07, 6.45) is 3.00.